The zero-order chi connectivity index (χ0) is 15.3. The van der Waals surface area contributed by atoms with Crippen LogP contribution in [0, 0.1) is 20.2 Å². The van der Waals surface area contributed by atoms with Gasteiger partial charge in [0.2, 0.25) is 0 Å². The normalized spacial score (nSPS) is 13.1. The van der Waals surface area contributed by atoms with E-state index in [1.807, 2.05) is 5.32 Å². The second kappa shape index (κ2) is 4.07. The zero-order valence-corrected chi connectivity index (χ0v) is 10.2. The Balaban J connectivity index is 2.49. The molecule has 0 saturated heterocycles. The Kier molecular flexibility index (Phi) is 2.45. The molecule has 0 fully saturated rings. The van der Waals surface area contributed by atoms with Crippen molar-refractivity contribution in [2.45, 2.75) is 0 Å². The molecule has 104 valence electrons. The highest BCUT2D eigenvalue weighted by Crippen LogP contribution is 2.33. The molecule has 0 radical (unpaired) electrons. The summed E-state index contributed by atoms with van der Waals surface area (Å²) in [7, 11) is 0. The van der Waals surface area contributed by atoms with Crippen molar-refractivity contribution in [3.05, 3.63) is 55.6 Å². The van der Waals surface area contributed by atoms with Gasteiger partial charge in [-0.1, -0.05) is 0 Å². The van der Waals surface area contributed by atoms with Crippen LogP contribution in [0.3, 0.4) is 0 Å². The van der Waals surface area contributed by atoms with E-state index in [4.69, 9.17) is 0 Å². The van der Waals surface area contributed by atoms with Gasteiger partial charge in [0.25, 0.3) is 23.2 Å². The van der Waals surface area contributed by atoms with Crippen LogP contribution in [0.15, 0.2) is 24.3 Å². The first kappa shape index (κ1) is 12.7. The van der Waals surface area contributed by atoms with Gasteiger partial charge in [-0.05, 0) is 5.39 Å². The molecular weight excluding hydrogens is 282 g/mol. The molecule has 0 saturated carbocycles. The van der Waals surface area contributed by atoms with Crippen LogP contribution in [0.2, 0.25) is 0 Å². The van der Waals surface area contributed by atoms with Crippen LogP contribution >= 0.6 is 0 Å². The van der Waals surface area contributed by atoms with E-state index in [1.54, 1.807) is 0 Å². The molecule has 0 aliphatic carbocycles. The smallest absolute Gasteiger partial charge is 0.270 e. The molecule has 2 aromatic carbocycles. The topological polar surface area (TPSA) is 132 Å². The Labute approximate surface area is 115 Å². The minimum Gasteiger partial charge on any atom is -0.288 e. The summed E-state index contributed by atoms with van der Waals surface area (Å²) >= 11 is 0. The molecule has 21 heavy (non-hydrogen) atoms. The lowest BCUT2D eigenvalue weighted by Gasteiger charge is -2.16. The van der Waals surface area contributed by atoms with Crippen molar-refractivity contribution < 1.29 is 19.4 Å². The van der Waals surface area contributed by atoms with Gasteiger partial charge in [0.15, 0.2) is 0 Å². The molecular formula is C12H5N3O6. The molecule has 9 nitrogen and oxygen atoms in total. The Hall–Kier alpha value is -3.36. The van der Waals surface area contributed by atoms with Gasteiger partial charge in [0.05, 0.1) is 21.0 Å². The average molecular weight is 287 g/mol. The molecule has 1 aliphatic rings. The van der Waals surface area contributed by atoms with Crippen molar-refractivity contribution in [3.63, 3.8) is 0 Å². The number of nitro groups is 2. The number of carbonyl (C=O) groups excluding carboxylic acids is 2. The lowest BCUT2D eigenvalue weighted by molar-refractivity contribution is -0.385. The minimum absolute atomic E-state index is 0.0521. The molecule has 1 heterocycles. The van der Waals surface area contributed by atoms with Crippen LogP contribution in [-0.2, 0) is 0 Å². The summed E-state index contributed by atoms with van der Waals surface area (Å²) in [6, 6.07) is 4.28. The molecule has 1 N–H and O–H groups in total. The molecule has 0 spiro atoms. The number of imide groups is 1. The Morgan fingerprint density at radius 2 is 1.24 bits per heavy atom. The maximum absolute atomic E-state index is 11.8. The lowest BCUT2D eigenvalue weighted by atomic mass is 9.94. The maximum Gasteiger partial charge on any atom is 0.270 e. The van der Waals surface area contributed by atoms with E-state index in [2.05, 4.69) is 0 Å². The number of nitrogens with one attached hydrogen (secondary N) is 1. The maximum atomic E-state index is 11.8. The third-order valence-electron chi connectivity index (χ3n) is 3.16. The summed E-state index contributed by atoms with van der Waals surface area (Å²) < 4.78 is 0. The van der Waals surface area contributed by atoms with Gasteiger partial charge in [-0.25, -0.2) is 0 Å². The van der Waals surface area contributed by atoms with E-state index in [-0.39, 0.29) is 33.3 Å². The Morgan fingerprint density at radius 1 is 0.810 bits per heavy atom. The molecule has 2 aromatic rings. The highest BCUT2D eigenvalue weighted by molar-refractivity contribution is 6.26. The van der Waals surface area contributed by atoms with Crippen LogP contribution in [0.1, 0.15) is 20.7 Å². The monoisotopic (exact) mass is 287 g/mol. The number of non-ortho nitro benzene ring substituents is 2. The molecule has 9 heteroatoms. The number of hydrogen-bond donors (Lipinski definition) is 1. The second-order valence-corrected chi connectivity index (χ2v) is 4.38. The number of rotatable bonds is 2. The third kappa shape index (κ3) is 1.79. The van der Waals surface area contributed by atoms with Crippen LogP contribution in [-0.4, -0.2) is 21.7 Å². The van der Waals surface area contributed by atoms with Crippen molar-refractivity contribution >= 4 is 34.0 Å². The minimum atomic E-state index is -0.768. The van der Waals surface area contributed by atoms with Gasteiger partial charge in [0.1, 0.15) is 0 Å². The molecule has 0 unspecified atom stereocenters. The van der Waals surface area contributed by atoms with E-state index in [1.165, 1.54) is 0 Å². The van der Waals surface area contributed by atoms with Gasteiger partial charge in [-0.3, -0.25) is 35.1 Å². The summed E-state index contributed by atoms with van der Waals surface area (Å²) in [6.07, 6.45) is 0. The van der Waals surface area contributed by atoms with Gasteiger partial charge in [-0.15, -0.1) is 0 Å². The number of carbonyl (C=O) groups is 2. The summed E-state index contributed by atoms with van der Waals surface area (Å²) in [5, 5.41) is 24.0. The SMILES string of the molecule is O=C1NC(=O)c2cc([N+](=O)[O-])cc3cc([N+](=O)[O-])cc1c23. The number of amides is 2. The lowest BCUT2D eigenvalue weighted by Crippen LogP contribution is -2.34. The summed E-state index contributed by atoms with van der Waals surface area (Å²) in [5.74, 6) is -1.54. The number of nitro benzene ring substituents is 2. The van der Waals surface area contributed by atoms with Gasteiger partial charge in [0, 0.05) is 29.7 Å². The van der Waals surface area contributed by atoms with Crippen LogP contribution in [0.25, 0.3) is 10.8 Å². The van der Waals surface area contributed by atoms with Crippen molar-refractivity contribution in [2.75, 3.05) is 0 Å². The van der Waals surface area contributed by atoms with E-state index >= 15 is 0 Å². The largest absolute Gasteiger partial charge is 0.288 e. The van der Waals surface area contributed by atoms with E-state index in [9.17, 15) is 29.8 Å². The average Bonchev–Trinajstić information content (AvgIpc) is 2.43. The van der Waals surface area contributed by atoms with Crippen molar-refractivity contribution in [1.29, 1.82) is 0 Å². The van der Waals surface area contributed by atoms with E-state index in [0.717, 1.165) is 24.3 Å². The number of benzene rings is 2. The number of hydrogen-bond acceptors (Lipinski definition) is 6. The van der Waals surface area contributed by atoms with E-state index < -0.39 is 21.7 Å². The van der Waals surface area contributed by atoms with Crippen molar-refractivity contribution in [2.24, 2.45) is 0 Å². The predicted molar refractivity (Wildman–Crippen MR) is 69.1 cm³/mol. The summed E-state index contributed by atoms with van der Waals surface area (Å²) in [5.41, 5.74) is -0.866. The Morgan fingerprint density at radius 3 is 1.62 bits per heavy atom. The third-order valence-corrected chi connectivity index (χ3v) is 3.16. The molecule has 0 bridgehead atoms. The van der Waals surface area contributed by atoms with E-state index in [0.29, 0.717) is 0 Å². The molecule has 0 aromatic heterocycles. The number of nitrogens with zero attached hydrogens (tertiary/aromatic N) is 2. The van der Waals surface area contributed by atoms with Gasteiger partial charge < -0.3 is 0 Å². The summed E-state index contributed by atoms with van der Waals surface area (Å²) in [6.45, 7) is 0. The summed E-state index contributed by atoms with van der Waals surface area (Å²) in [4.78, 5) is 43.9. The standard InChI is InChI=1S/C12H5N3O6/c16-11-8-3-6(14(18)19)1-5-2-7(15(20)21)4-9(10(5)8)12(17)13-11/h1-4H,(H,13,16,17). The van der Waals surface area contributed by atoms with Crippen molar-refractivity contribution in [1.82, 2.24) is 5.32 Å². The Bertz CT molecular complexity index is 806. The zero-order valence-electron chi connectivity index (χ0n) is 10.2. The highest BCUT2D eigenvalue weighted by atomic mass is 16.6. The molecule has 1 aliphatic heterocycles. The van der Waals surface area contributed by atoms with Crippen molar-refractivity contribution in [3.8, 4) is 0 Å². The first-order valence-corrected chi connectivity index (χ1v) is 5.65. The quantitative estimate of drug-likeness (QED) is 0.506. The van der Waals surface area contributed by atoms with Crippen LogP contribution < -0.4 is 5.32 Å². The highest BCUT2D eigenvalue weighted by Gasteiger charge is 2.29. The molecule has 0 atom stereocenters. The molecule has 3 rings (SSSR count). The fraction of sp³-hybridized carbons (Fsp3) is 0. The molecule has 2 amide bonds. The fourth-order valence-corrected chi connectivity index (χ4v) is 2.29. The first-order valence-electron chi connectivity index (χ1n) is 5.65. The van der Waals surface area contributed by atoms with Gasteiger partial charge >= 0.3 is 0 Å². The van der Waals surface area contributed by atoms with Gasteiger partial charge in [-0.2, -0.15) is 0 Å². The second-order valence-electron chi connectivity index (χ2n) is 4.38. The first-order chi connectivity index (χ1) is 9.88. The fourth-order valence-electron chi connectivity index (χ4n) is 2.29. The van der Waals surface area contributed by atoms with Crippen LogP contribution in [0.5, 0.6) is 0 Å². The van der Waals surface area contributed by atoms with Crippen LogP contribution in [0.4, 0.5) is 11.4 Å². The predicted octanol–water partition coefficient (Wildman–Crippen LogP) is 1.54.